The number of rotatable bonds is 1. The van der Waals surface area contributed by atoms with Crippen molar-refractivity contribution in [2.45, 2.75) is 27.2 Å². The summed E-state index contributed by atoms with van der Waals surface area (Å²) in [4.78, 5) is 18.7. The molecule has 1 unspecified atom stereocenters. The van der Waals surface area contributed by atoms with E-state index in [1.165, 1.54) is 0 Å². The van der Waals surface area contributed by atoms with Crippen LogP contribution < -0.4 is 0 Å². The second kappa shape index (κ2) is 4.33. The Morgan fingerprint density at radius 3 is 2.89 bits per heavy atom. The highest BCUT2D eigenvalue weighted by molar-refractivity contribution is 5.95. The maximum absolute atomic E-state index is 12.5. The van der Waals surface area contributed by atoms with Gasteiger partial charge in [0.2, 0.25) is 0 Å². The first-order chi connectivity index (χ1) is 9.06. The van der Waals surface area contributed by atoms with E-state index in [0.29, 0.717) is 11.5 Å². The van der Waals surface area contributed by atoms with Crippen molar-refractivity contribution < 1.29 is 4.79 Å². The van der Waals surface area contributed by atoms with Crippen LogP contribution in [0.2, 0.25) is 0 Å². The molecule has 100 valence electrons. The monoisotopic (exact) mass is 258 g/mol. The highest BCUT2D eigenvalue weighted by atomic mass is 16.2. The number of likely N-dealkylation sites (tertiary alicyclic amines) is 1. The van der Waals surface area contributed by atoms with Gasteiger partial charge in [-0.05, 0) is 26.2 Å². The molecule has 5 heteroatoms. The molecule has 5 nitrogen and oxygen atoms in total. The zero-order valence-electron chi connectivity index (χ0n) is 11.6. The smallest absolute Gasteiger partial charge is 0.257 e. The second-order valence-electron chi connectivity index (χ2n) is 5.46. The van der Waals surface area contributed by atoms with Crippen molar-refractivity contribution in [2.75, 3.05) is 13.1 Å². The summed E-state index contributed by atoms with van der Waals surface area (Å²) in [6, 6.07) is 1.92. The lowest BCUT2D eigenvalue weighted by atomic mass is 10.2. The summed E-state index contributed by atoms with van der Waals surface area (Å²) in [6.07, 6.45) is 2.76. The Bertz CT molecular complexity index is 646. The average molecular weight is 258 g/mol. The summed E-state index contributed by atoms with van der Waals surface area (Å²) < 4.78 is 1.75. The molecule has 1 atom stereocenters. The lowest BCUT2D eigenvalue weighted by Crippen LogP contribution is -2.29. The largest absolute Gasteiger partial charge is 0.338 e. The summed E-state index contributed by atoms with van der Waals surface area (Å²) in [6.45, 7) is 7.72. The van der Waals surface area contributed by atoms with E-state index in [1.807, 2.05) is 24.8 Å². The molecule has 1 saturated heterocycles. The number of carbonyl (C=O) groups is 1. The maximum atomic E-state index is 12.5. The molecule has 0 aromatic carbocycles. The Hall–Kier alpha value is -1.91. The molecule has 1 fully saturated rings. The normalized spacial score (nSPS) is 19.3. The van der Waals surface area contributed by atoms with Crippen molar-refractivity contribution in [1.82, 2.24) is 19.5 Å². The van der Waals surface area contributed by atoms with Crippen molar-refractivity contribution in [3.8, 4) is 0 Å². The van der Waals surface area contributed by atoms with Gasteiger partial charge in [-0.1, -0.05) is 6.92 Å². The molecule has 3 rings (SSSR count). The van der Waals surface area contributed by atoms with Gasteiger partial charge in [0.25, 0.3) is 5.91 Å². The van der Waals surface area contributed by atoms with Gasteiger partial charge in [-0.2, -0.15) is 5.10 Å². The highest BCUT2D eigenvalue weighted by Gasteiger charge is 2.26. The Morgan fingerprint density at radius 1 is 1.42 bits per heavy atom. The third kappa shape index (κ3) is 1.99. The van der Waals surface area contributed by atoms with E-state index in [2.05, 4.69) is 17.0 Å². The molecule has 2 aromatic rings. The van der Waals surface area contributed by atoms with E-state index >= 15 is 0 Å². The zero-order valence-corrected chi connectivity index (χ0v) is 11.6. The standard InChI is InChI=1S/C14H18N4O/c1-9-4-5-17(8-9)14(19)12-7-15-13-6-10(2)16-18(13)11(12)3/h6-7,9H,4-5,8H2,1-3H3. The van der Waals surface area contributed by atoms with E-state index < -0.39 is 0 Å². The van der Waals surface area contributed by atoms with Crippen LogP contribution in [0.4, 0.5) is 0 Å². The molecule has 1 aliphatic rings. The summed E-state index contributed by atoms with van der Waals surface area (Å²) in [5.74, 6) is 0.664. The highest BCUT2D eigenvalue weighted by Crippen LogP contribution is 2.19. The number of aromatic nitrogens is 3. The van der Waals surface area contributed by atoms with Crippen LogP contribution in [-0.4, -0.2) is 38.5 Å². The summed E-state index contributed by atoms with van der Waals surface area (Å²) in [5.41, 5.74) is 3.23. The van der Waals surface area contributed by atoms with Crippen LogP contribution in [-0.2, 0) is 0 Å². The van der Waals surface area contributed by atoms with Crippen molar-refractivity contribution in [2.24, 2.45) is 5.92 Å². The average Bonchev–Trinajstić information content (AvgIpc) is 2.95. The summed E-state index contributed by atoms with van der Waals surface area (Å²) in [5, 5.41) is 4.38. The van der Waals surface area contributed by atoms with Gasteiger partial charge in [0.15, 0.2) is 5.65 Å². The first-order valence-electron chi connectivity index (χ1n) is 6.67. The number of aryl methyl sites for hydroxylation is 2. The molecular formula is C14H18N4O. The Balaban J connectivity index is 2.00. The van der Waals surface area contributed by atoms with Gasteiger partial charge in [0.1, 0.15) is 0 Å². The van der Waals surface area contributed by atoms with Crippen molar-refractivity contribution in [3.63, 3.8) is 0 Å². The number of fused-ring (bicyclic) bond motifs is 1. The van der Waals surface area contributed by atoms with E-state index in [0.717, 1.165) is 36.5 Å². The molecule has 3 heterocycles. The molecule has 0 saturated carbocycles. The predicted octanol–water partition coefficient (Wildman–Crippen LogP) is 1.83. The molecule has 0 bridgehead atoms. The van der Waals surface area contributed by atoms with Gasteiger partial charge in [-0.25, -0.2) is 9.50 Å². The topological polar surface area (TPSA) is 50.5 Å². The lowest BCUT2D eigenvalue weighted by Gasteiger charge is -2.17. The minimum atomic E-state index is 0.0735. The van der Waals surface area contributed by atoms with Gasteiger partial charge < -0.3 is 4.90 Å². The van der Waals surface area contributed by atoms with Crippen molar-refractivity contribution in [3.05, 3.63) is 29.2 Å². The summed E-state index contributed by atoms with van der Waals surface area (Å²) >= 11 is 0. The summed E-state index contributed by atoms with van der Waals surface area (Å²) in [7, 11) is 0. The van der Waals surface area contributed by atoms with Crippen LogP contribution in [0.15, 0.2) is 12.3 Å². The van der Waals surface area contributed by atoms with Gasteiger partial charge in [0.05, 0.1) is 17.0 Å². The zero-order chi connectivity index (χ0) is 13.6. The fourth-order valence-corrected chi connectivity index (χ4v) is 2.66. The minimum absolute atomic E-state index is 0.0735. The van der Waals surface area contributed by atoms with Gasteiger partial charge in [0, 0.05) is 25.4 Å². The second-order valence-corrected chi connectivity index (χ2v) is 5.46. The fourth-order valence-electron chi connectivity index (χ4n) is 2.66. The van der Waals surface area contributed by atoms with Crippen LogP contribution in [0.1, 0.15) is 35.1 Å². The van der Waals surface area contributed by atoms with Gasteiger partial charge in [-0.3, -0.25) is 4.79 Å². The van der Waals surface area contributed by atoms with Gasteiger partial charge in [-0.15, -0.1) is 0 Å². The number of nitrogens with zero attached hydrogens (tertiary/aromatic N) is 4. The quantitative estimate of drug-likeness (QED) is 0.784. The Morgan fingerprint density at radius 2 is 2.21 bits per heavy atom. The van der Waals surface area contributed by atoms with Crippen molar-refractivity contribution >= 4 is 11.6 Å². The van der Waals surface area contributed by atoms with Crippen LogP contribution >= 0.6 is 0 Å². The SMILES string of the molecule is Cc1cc2ncc(C(=O)N3CCC(C)C3)c(C)n2n1. The van der Waals surface area contributed by atoms with Crippen LogP contribution in [0.25, 0.3) is 5.65 Å². The van der Waals surface area contributed by atoms with E-state index in [4.69, 9.17) is 0 Å². The van der Waals surface area contributed by atoms with E-state index in [1.54, 1.807) is 10.7 Å². The predicted molar refractivity (Wildman–Crippen MR) is 72.1 cm³/mol. The number of carbonyl (C=O) groups excluding carboxylic acids is 1. The first kappa shape index (κ1) is 12.1. The third-order valence-corrected chi connectivity index (χ3v) is 3.79. The molecule has 0 N–H and O–H groups in total. The van der Waals surface area contributed by atoms with Crippen LogP contribution in [0.5, 0.6) is 0 Å². The lowest BCUT2D eigenvalue weighted by molar-refractivity contribution is 0.0786. The minimum Gasteiger partial charge on any atom is -0.338 e. The molecule has 1 aliphatic heterocycles. The van der Waals surface area contributed by atoms with E-state index in [-0.39, 0.29) is 5.91 Å². The Labute approximate surface area is 112 Å². The van der Waals surface area contributed by atoms with Crippen LogP contribution in [0, 0.1) is 19.8 Å². The third-order valence-electron chi connectivity index (χ3n) is 3.79. The molecule has 1 amide bonds. The number of amides is 1. The van der Waals surface area contributed by atoms with Gasteiger partial charge >= 0.3 is 0 Å². The molecule has 0 aliphatic carbocycles. The van der Waals surface area contributed by atoms with E-state index in [9.17, 15) is 4.79 Å². The number of hydrogen-bond acceptors (Lipinski definition) is 3. The fraction of sp³-hybridized carbons (Fsp3) is 0.500. The molecule has 0 radical (unpaired) electrons. The maximum Gasteiger partial charge on any atom is 0.257 e. The molecular weight excluding hydrogens is 240 g/mol. The first-order valence-corrected chi connectivity index (χ1v) is 6.67. The number of hydrogen-bond donors (Lipinski definition) is 0. The Kier molecular flexibility index (Phi) is 2.77. The molecule has 0 spiro atoms. The molecule has 2 aromatic heterocycles. The van der Waals surface area contributed by atoms with Crippen molar-refractivity contribution in [1.29, 1.82) is 0 Å². The molecule has 19 heavy (non-hydrogen) atoms. The van der Waals surface area contributed by atoms with Crippen LogP contribution in [0.3, 0.4) is 0 Å².